The Bertz CT molecular complexity index is 431. The van der Waals surface area contributed by atoms with E-state index in [2.05, 4.69) is 15.2 Å². The minimum absolute atomic E-state index is 0.588. The summed E-state index contributed by atoms with van der Waals surface area (Å²) in [5.41, 5.74) is 1.64. The van der Waals surface area contributed by atoms with Crippen LogP contribution in [0.2, 0.25) is 0 Å². The molecule has 0 aliphatic rings. The molecule has 0 radical (unpaired) electrons. The van der Waals surface area contributed by atoms with Gasteiger partial charge in [-0.15, -0.1) is 0 Å². The van der Waals surface area contributed by atoms with E-state index in [9.17, 15) is 0 Å². The van der Waals surface area contributed by atoms with E-state index in [0.29, 0.717) is 12.5 Å². The van der Waals surface area contributed by atoms with E-state index >= 15 is 0 Å². The predicted octanol–water partition coefficient (Wildman–Crippen LogP) is 1.94. The first kappa shape index (κ1) is 9.58. The van der Waals surface area contributed by atoms with Crippen LogP contribution in [0.1, 0.15) is 6.92 Å². The molecule has 2 rings (SSSR count). The van der Waals surface area contributed by atoms with Crippen molar-refractivity contribution in [3.8, 4) is 17.1 Å². The van der Waals surface area contributed by atoms with Crippen LogP contribution in [0.5, 0.6) is 5.88 Å². The maximum Gasteiger partial charge on any atom is 0.222 e. The molecule has 0 unspecified atom stereocenters. The number of hydrogen-bond donors (Lipinski definition) is 0. The van der Waals surface area contributed by atoms with Crippen molar-refractivity contribution in [1.29, 1.82) is 0 Å². The molecule has 0 amide bonds. The smallest absolute Gasteiger partial charge is 0.222 e. The Kier molecular flexibility index (Phi) is 2.88. The van der Waals surface area contributed by atoms with Gasteiger partial charge >= 0.3 is 0 Å². The SMILES string of the molecule is CCOc1ncccc1-c1cccnn1. The van der Waals surface area contributed by atoms with Gasteiger partial charge in [-0.3, -0.25) is 0 Å². The highest BCUT2D eigenvalue weighted by atomic mass is 16.5. The average molecular weight is 201 g/mol. The summed E-state index contributed by atoms with van der Waals surface area (Å²) in [5, 5.41) is 7.85. The second-order valence-corrected chi connectivity index (χ2v) is 2.90. The van der Waals surface area contributed by atoms with Gasteiger partial charge in [-0.25, -0.2) is 4.98 Å². The fraction of sp³-hybridized carbons (Fsp3) is 0.182. The molecule has 2 aromatic heterocycles. The van der Waals surface area contributed by atoms with Crippen LogP contribution in [0, 0.1) is 0 Å². The molecular formula is C11H11N3O. The molecule has 0 saturated heterocycles. The number of nitrogens with zero attached hydrogens (tertiary/aromatic N) is 3. The lowest BCUT2D eigenvalue weighted by Gasteiger charge is -2.06. The maximum absolute atomic E-state index is 5.41. The van der Waals surface area contributed by atoms with Crippen LogP contribution in [-0.2, 0) is 0 Å². The molecule has 0 atom stereocenters. The van der Waals surface area contributed by atoms with Crippen molar-refractivity contribution in [3.05, 3.63) is 36.7 Å². The lowest BCUT2D eigenvalue weighted by Crippen LogP contribution is -1.97. The molecule has 2 aromatic rings. The molecule has 0 fully saturated rings. The third-order valence-corrected chi connectivity index (χ3v) is 1.90. The second kappa shape index (κ2) is 4.50. The third-order valence-electron chi connectivity index (χ3n) is 1.90. The zero-order chi connectivity index (χ0) is 10.5. The van der Waals surface area contributed by atoms with Crippen LogP contribution in [0.15, 0.2) is 36.7 Å². The van der Waals surface area contributed by atoms with Crippen LogP contribution < -0.4 is 4.74 Å². The molecule has 0 bridgehead atoms. The van der Waals surface area contributed by atoms with Crippen LogP contribution in [0.4, 0.5) is 0 Å². The largest absolute Gasteiger partial charge is 0.477 e. The van der Waals surface area contributed by atoms with Crippen molar-refractivity contribution >= 4 is 0 Å². The van der Waals surface area contributed by atoms with Crippen LogP contribution >= 0.6 is 0 Å². The Balaban J connectivity index is 2.43. The zero-order valence-corrected chi connectivity index (χ0v) is 8.42. The van der Waals surface area contributed by atoms with Crippen LogP contribution in [-0.4, -0.2) is 21.8 Å². The van der Waals surface area contributed by atoms with E-state index in [-0.39, 0.29) is 0 Å². The van der Waals surface area contributed by atoms with Gasteiger partial charge in [-0.2, -0.15) is 10.2 Å². The molecular weight excluding hydrogens is 190 g/mol. The lowest BCUT2D eigenvalue weighted by molar-refractivity contribution is 0.328. The van der Waals surface area contributed by atoms with Gasteiger partial charge in [0, 0.05) is 12.4 Å². The first-order valence-electron chi connectivity index (χ1n) is 4.77. The zero-order valence-electron chi connectivity index (χ0n) is 8.42. The van der Waals surface area contributed by atoms with Gasteiger partial charge in [0.25, 0.3) is 0 Å². The van der Waals surface area contributed by atoms with E-state index in [1.54, 1.807) is 12.4 Å². The van der Waals surface area contributed by atoms with E-state index in [1.165, 1.54) is 0 Å². The Labute approximate surface area is 88.0 Å². The third kappa shape index (κ3) is 2.10. The topological polar surface area (TPSA) is 47.9 Å². The maximum atomic E-state index is 5.41. The highest BCUT2D eigenvalue weighted by Gasteiger charge is 2.07. The molecule has 76 valence electrons. The summed E-state index contributed by atoms with van der Waals surface area (Å²) < 4.78 is 5.41. The summed E-state index contributed by atoms with van der Waals surface area (Å²) >= 11 is 0. The number of ether oxygens (including phenoxy) is 1. The summed E-state index contributed by atoms with van der Waals surface area (Å²) in [6.07, 6.45) is 3.34. The van der Waals surface area contributed by atoms with Gasteiger partial charge in [0.15, 0.2) is 0 Å². The van der Waals surface area contributed by atoms with Crippen LogP contribution in [0.3, 0.4) is 0 Å². The molecule has 0 aliphatic carbocycles. The standard InChI is InChI=1S/C11H11N3O/c1-2-15-11-9(5-3-7-12-11)10-6-4-8-13-14-10/h3-8H,2H2,1H3. The van der Waals surface area contributed by atoms with Crippen molar-refractivity contribution in [1.82, 2.24) is 15.2 Å². The molecule has 4 heteroatoms. The van der Waals surface area contributed by atoms with Crippen LogP contribution in [0.25, 0.3) is 11.3 Å². The molecule has 2 heterocycles. The first-order valence-corrected chi connectivity index (χ1v) is 4.77. The molecule has 15 heavy (non-hydrogen) atoms. The Morgan fingerprint density at radius 1 is 1.20 bits per heavy atom. The molecule has 0 saturated carbocycles. The number of hydrogen-bond acceptors (Lipinski definition) is 4. The molecule has 0 aromatic carbocycles. The number of aromatic nitrogens is 3. The molecule has 4 nitrogen and oxygen atoms in total. The van der Waals surface area contributed by atoms with Gasteiger partial charge < -0.3 is 4.74 Å². The first-order chi connectivity index (χ1) is 7.42. The highest BCUT2D eigenvalue weighted by Crippen LogP contribution is 2.24. The molecule has 0 N–H and O–H groups in total. The lowest BCUT2D eigenvalue weighted by atomic mass is 10.2. The van der Waals surface area contributed by atoms with Crippen molar-refractivity contribution in [2.45, 2.75) is 6.92 Å². The second-order valence-electron chi connectivity index (χ2n) is 2.90. The highest BCUT2D eigenvalue weighted by molar-refractivity contribution is 5.63. The summed E-state index contributed by atoms with van der Waals surface area (Å²) in [7, 11) is 0. The monoisotopic (exact) mass is 201 g/mol. The fourth-order valence-corrected chi connectivity index (χ4v) is 1.28. The summed E-state index contributed by atoms with van der Waals surface area (Å²) in [6.45, 7) is 2.51. The van der Waals surface area contributed by atoms with Crippen molar-refractivity contribution < 1.29 is 4.74 Å². The van der Waals surface area contributed by atoms with Gasteiger partial charge in [0.2, 0.25) is 5.88 Å². The van der Waals surface area contributed by atoms with E-state index in [1.807, 2.05) is 31.2 Å². The number of rotatable bonds is 3. The summed E-state index contributed by atoms with van der Waals surface area (Å²) in [5.74, 6) is 0.598. The summed E-state index contributed by atoms with van der Waals surface area (Å²) in [6, 6.07) is 7.49. The van der Waals surface area contributed by atoms with Crippen molar-refractivity contribution in [2.24, 2.45) is 0 Å². The average Bonchev–Trinajstić information content (AvgIpc) is 2.31. The minimum Gasteiger partial charge on any atom is -0.477 e. The van der Waals surface area contributed by atoms with Crippen molar-refractivity contribution in [2.75, 3.05) is 6.61 Å². The molecule has 0 spiro atoms. The Morgan fingerprint density at radius 2 is 2.07 bits per heavy atom. The number of pyridine rings is 1. The Morgan fingerprint density at radius 3 is 2.80 bits per heavy atom. The summed E-state index contributed by atoms with van der Waals surface area (Å²) in [4.78, 5) is 4.15. The van der Waals surface area contributed by atoms with E-state index < -0.39 is 0 Å². The van der Waals surface area contributed by atoms with Gasteiger partial charge in [0.1, 0.15) is 0 Å². The van der Waals surface area contributed by atoms with Gasteiger partial charge in [-0.05, 0) is 31.2 Å². The van der Waals surface area contributed by atoms with Gasteiger partial charge in [0.05, 0.1) is 17.9 Å². The van der Waals surface area contributed by atoms with Crippen molar-refractivity contribution in [3.63, 3.8) is 0 Å². The Hall–Kier alpha value is -1.97. The van der Waals surface area contributed by atoms with Gasteiger partial charge in [-0.1, -0.05) is 0 Å². The normalized spacial score (nSPS) is 9.93. The van der Waals surface area contributed by atoms with E-state index in [4.69, 9.17) is 4.74 Å². The minimum atomic E-state index is 0.588. The quantitative estimate of drug-likeness (QED) is 0.761. The molecule has 0 aliphatic heterocycles. The predicted molar refractivity (Wildman–Crippen MR) is 56.4 cm³/mol. The van der Waals surface area contributed by atoms with E-state index in [0.717, 1.165) is 11.3 Å². The fourth-order valence-electron chi connectivity index (χ4n) is 1.28.